The minimum atomic E-state index is 0.755. The molecule has 0 heterocycles. The molecule has 0 saturated carbocycles. The van der Waals surface area contributed by atoms with Gasteiger partial charge in [-0.2, -0.15) is 0 Å². The van der Waals surface area contributed by atoms with Crippen LogP contribution >= 0.6 is 15.9 Å². The van der Waals surface area contributed by atoms with Crippen molar-refractivity contribution in [2.75, 3.05) is 33.8 Å². The number of halogens is 1. The van der Waals surface area contributed by atoms with Gasteiger partial charge < -0.3 is 15.4 Å². The molecule has 2 N–H and O–H groups in total. The lowest BCUT2D eigenvalue weighted by Gasteiger charge is -2.17. The van der Waals surface area contributed by atoms with Gasteiger partial charge in [0, 0.05) is 11.0 Å². The number of hydrogen-bond donors (Lipinski definition) is 1. The molecule has 0 radical (unpaired) electrons. The number of nitrogens with two attached hydrogens (primary N) is 1. The van der Waals surface area contributed by atoms with Crippen molar-refractivity contribution in [2.45, 2.75) is 12.8 Å². The van der Waals surface area contributed by atoms with Crippen molar-refractivity contribution in [1.82, 2.24) is 4.90 Å². The van der Waals surface area contributed by atoms with E-state index in [1.54, 1.807) is 7.11 Å². The summed E-state index contributed by atoms with van der Waals surface area (Å²) in [5.41, 5.74) is 6.73. The molecular weight excluding hydrogens is 280 g/mol. The number of nitrogens with zero attached hydrogens (tertiary/aromatic N) is 1. The molecule has 3 nitrogen and oxygen atoms in total. The Bertz CT molecular complexity index is 344. The van der Waals surface area contributed by atoms with Gasteiger partial charge in [0.25, 0.3) is 0 Å². The Morgan fingerprint density at radius 3 is 2.76 bits per heavy atom. The van der Waals surface area contributed by atoms with Crippen LogP contribution < -0.4 is 10.5 Å². The zero-order valence-corrected chi connectivity index (χ0v) is 12.2. The summed E-state index contributed by atoms with van der Waals surface area (Å²) in [7, 11) is 3.84. The maximum absolute atomic E-state index is 5.50. The Hall–Kier alpha value is -0.580. The number of ether oxygens (including phenoxy) is 1. The molecule has 1 aromatic rings. The Balaban J connectivity index is 2.52. The molecular formula is C13H21BrN2O. The van der Waals surface area contributed by atoms with Crippen LogP contribution in [-0.2, 0) is 6.42 Å². The van der Waals surface area contributed by atoms with Crippen LogP contribution in [0.2, 0.25) is 0 Å². The fourth-order valence-corrected chi connectivity index (χ4v) is 2.14. The number of hydrogen-bond acceptors (Lipinski definition) is 3. The van der Waals surface area contributed by atoms with Crippen LogP contribution in [0.15, 0.2) is 22.7 Å². The monoisotopic (exact) mass is 300 g/mol. The predicted molar refractivity (Wildman–Crippen MR) is 75.6 cm³/mol. The minimum absolute atomic E-state index is 0.755. The zero-order chi connectivity index (χ0) is 12.7. The summed E-state index contributed by atoms with van der Waals surface area (Å²) in [5.74, 6) is 0.959. The van der Waals surface area contributed by atoms with E-state index in [0.717, 1.165) is 42.7 Å². The second-order valence-electron chi connectivity index (χ2n) is 4.15. The Kier molecular flexibility index (Phi) is 6.55. The molecule has 0 aliphatic carbocycles. The molecule has 0 fully saturated rings. The second kappa shape index (κ2) is 7.69. The number of methoxy groups -OCH3 is 1. The van der Waals surface area contributed by atoms with Crippen molar-refractivity contribution in [3.8, 4) is 5.75 Å². The van der Waals surface area contributed by atoms with E-state index in [4.69, 9.17) is 10.5 Å². The first kappa shape index (κ1) is 14.5. The van der Waals surface area contributed by atoms with E-state index in [9.17, 15) is 0 Å². The number of rotatable bonds is 7. The summed E-state index contributed by atoms with van der Waals surface area (Å²) in [5, 5.41) is 0. The van der Waals surface area contributed by atoms with Crippen molar-refractivity contribution < 1.29 is 4.74 Å². The molecule has 0 bridgehead atoms. The van der Waals surface area contributed by atoms with Gasteiger partial charge in [-0.15, -0.1) is 0 Å². The van der Waals surface area contributed by atoms with E-state index < -0.39 is 0 Å². The van der Waals surface area contributed by atoms with Crippen molar-refractivity contribution in [3.63, 3.8) is 0 Å². The lowest BCUT2D eigenvalue weighted by molar-refractivity contribution is 0.332. The van der Waals surface area contributed by atoms with Gasteiger partial charge in [-0.05, 0) is 56.7 Å². The zero-order valence-electron chi connectivity index (χ0n) is 10.6. The SMILES string of the molecule is COc1ccc(Br)cc1CCN(C)CCCN. The normalized spacial score (nSPS) is 10.9. The average molecular weight is 301 g/mol. The second-order valence-corrected chi connectivity index (χ2v) is 5.07. The predicted octanol–water partition coefficient (Wildman–Crippen LogP) is 2.28. The van der Waals surface area contributed by atoms with Crippen molar-refractivity contribution in [3.05, 3.63) is 28.2 Å². The summed E-state index contributed by atoms with van der Waals surface area (Å²) in [4.78, 5) is 2.30. The fraction of sp³-hybridized carbons (Fsp3) is 0.538. The average Bonchev–Trinajstić information content (AvgIpc) is 2.34. The van der Waals surface area contributed by atoms with Crippen LogP contribution in [0.1, 0.15) is 12.0 Å². The summed E-state index contributed by atoms with van der Waals surface area (Å²) in [6.45, 7) is 2.82. The summed E-state index contributed by atoms with van der Waals surface area (Å²) in [6, 6.07) is 6.12. The van der Waals surface area contributed by atoms with Crippen molar-refractivity contribution in [2.24, 2.45) is 5.73 Å². The first-order valence-corrected chi connectivity index (χ1v) is 6.67. The van der Waals surface area contributed by atoms with Crippen LogP contribution in [-0.4, -0.2) is 38.7 Å². The first-order valence-electron chi connectivity index (χ1n) is 5.88. The lowest BCUT2D eigenvalue weighted by atomic mass is 10.1. The Morgan fingerprint density at radius 1 is 1.35 bits per heavy atom. The van der Waals surface area contributed by atoms with Crippen molar-refractivity contribution >= 4 is 15.9 Å². The molecule has 1 aromatic carbocycles. The molecule has 96 valence electrons. The molecule has 17 heavy (non-hydrogen) atoms. The van der Waals surface area contributed by atoms with Crippen LogP contribution in [0.3, 0.4) is 0 Å². The maximum atomic E-state index is 5.50. The Morgan fingerprint density at radius 2 is 2.12 bits per heavy atom. The molecule has 1 rings (SSSR count). The van der Waals surface area contributed by atoms with Crippen LogP contribution in [0, 0.1) is 0 Å². The highest BCUT2D eigenvalue weighted by molar-refractivity contribution is 9.10. The minimum Gasteiger partial charge on any atom is -0.496 e. The van der Waals surface area contributed by atoms with Gasteiger partial charge >= 0.3 is 0 Å². The highest BCUT2D eigenvalue weighted by atomic mass is 79.9. The van der Waals surface area contributed by atoms with E-state index in [2.05, 4.69) is 33.9 Å². The van der Waals surface area contributed by atoms with Gasteiger partial charge in [-0.25, -0.2) is 0 Å². The molecule has 0 aliphatic heterocycles. The molecule has 0 saturated heterocycles. The van der Waals surface area contributed by atoms with E-state index >= 15 is 0 Å². The lowest BCUT2D eigenvalue weighted by Crippen LogP contribution is -2.24. The van der Waals surface area contributed by atoms with Crippen LogP contribution in [0.5, 0.6) is 5.75 Å². The van der Waals surface area contributed by atoms with Gasteiger partial charge in [-0.3, -0.25) is 0 Å². The standard InChI is InChI=1S/C13H21BrN2O/c1-16(8-3-7-15)9-6-11-10-12(14)4-5-13(11)17-2/h4-5,10H,3,6-9,15H2,1-2H3. The molecule has 0 aromatic heterocycles. The summed E-state index contributed by atoms with van der Waals surface area (Å²) < 4.78 is 6.45. The van der Waals surface area contributed by atoms with Gasteiger partial charge in [0.15, 0.2) is 0 Å². The van der Waals surface area contributed by atoms with Crippen molar-refractivity contribution in [1.29, 1.82) is 0 Å². The third kappa shape index (κ3) is 5.06. The van der Waals surface area contributed by atoms with E-state index in [1.165, 1.54) is 5.56 Å². The molecule has 0 amide bonds. The molecule has 0 aliphatic rings. The molecule has 4 heteroatoms. The van der Waals surface area contributed by atoms with Crippen LogP contribution in [0.4, 0.5) is 0 Å². The largest absolute Gasteiger partial charge is 0.496 e. The highest BCUT2D eigenvalue weighted by Crippen LogP contribution is 2.23. The highest BCUT2D eigenvalue weighted by Gasteiger charge is 2.05. The number of likely N-dealkylation sites (N-methyl/N-ethyl adjacent to an activating group) is 1. The van der Waals surface area contributed by atoms with Gasteiger partial charge in [0.2, 0.25) is 0 Å². The maximum Gasteiger partial charge on any atom is 0.122 e. The van der Waals surface area contributed by atoms with Crippen LogP contribution in [0.25, 0.3) is 0 Å². The van der Waals surface area contributed by atoms with E-state index in [1.807, 2.05) is 12.1 Å². The topological polar surface area (TPSA) is 38.5 Å². The van der Waals surface area contributed by atoms with Gasteiger partial charge in [-0.1, -0.05) is 15.9 Å². The molecule has 0 atom stereocenters. The fourth-order valence-electron chi connectivity index (χ4n) is 1.73. The number of benzene rings is 1. The third-order valence-electron chi connectivity index (χ3n) is 2.75. The quantitative estimate of drug-likeness (QED) is 0.840. The molecule has 0 spiro atoms. The van der Waals surface area contributed by atoms with Gasteiger partial charge in [0.05, 0.1) is 7.11 Å². The summed E-state index contributed by atoms with van der Waals surface area (Å²) >= 11 is 3.49. The first-order chi connectivity index (χ1) is 8.17. The summed E-state index contributed by atoms with van der Waals surface area (Å²) in [6.07, 6.45) is 2.04. The molecule has 0 unspecified atom stereocenters. The third-order valence-corrected chi connectivity index (χ3v) is 3.24. The Labute approximate surface area is 112 Å². The smallest absolute Gasteiger partial charge is 0.122 e. The van der Waals surface area contributed by atoms with E-state index in [-0.39, 0.29) is 0 Å². The van der Waals surface area contributed by atoms with E-state index in [0.29, 0.717) is 0 Å². The van der Waals surface area contributed by atoms with Gasteiger partial charge in [0.1, 0.15) is 5.75 Å².